The number of hydrogen-bond acceptors (Lipinski definition) is 5. The molecule has 0 radical (unpaired) electrons. The lowest BCUT2D eigenvalue weighted by Crippen LogP contribution is -2.36. The number of ether oxygens (including phenoxy) is 1. The summed E-state index contributed by atoms with van der Waals surface area (Å²) in [6.45, 7) is 4.25. The standard InChI is InChI=1S/C15H24N4O4/c1-18(9-11-3-4-19(10-11)5-6-23-2)14(21)8-12-7-13(20)16-17-15(12)22/h7,11H,3-6,8-10H2,1-2H3,(H,16,20)(H,17,22)/t11-/m1/s1. The number of H-pyrrole nitrogens is 2. The minimum atomic E-state index is -0.432. The van der Waals surface area contributed by atoms with E-state index in [1.165, 1.54) is 6.07 Å². The third-order valence-electron chi connectivity index (χ3n) is 4.18. The van der Waals surface area contributed by atoms with Crippen molar-refractivity contribution in [1.82, 2.24) is 20.0 Å². The lowest BCUT2D eigenvalue weighted by Gasteiger charge is -2.21. The normalized spacial score (nSPS) is 18.3. The number of carbonyl (C=O) groups is 1. The summed E-state index contributed by atoms with van der Waals surface area (Å²) in [7, 11) is 3.43. The zero-order valence-electron chi connectivity index (χ0n) is 13.6. The van der Waals surface area contributed by atoms with Crippen LogP contribution in [0.2, 0.25) is 0 Å². The highest BCUT2D eigenvalue weighted by Gasteiger charge is 2.24. The first-order chi connectivity index (χ1) is 11.0. The first kappa shape index (κ1) is 17.4. The Labute approximate surface area is 134 Å². The summed E-state index contributed by atoms with van der Waals surface area (Å²) in [4.78, 5) is 39.0. The van der Waals surface area contributed by atoms with Crippen LogP contribution in [0.15, 0.2) is 15.7 Å². The van der Waals surface area contributed by atoms with Crippen LogP contribution in [0.4, 0.5) is 0 Å². The number of aromatic amines is 2. The molecule has 23 heavy (non-hydrogen) atoms. The molecule has 1 saturated heterocycles. The van der Waals surface area contributed by atoms with Gasteiger partial charge < -0.3 is 14.5 Å². The summed E-state index contributed by atoms with van der Waals surface area (Å²) in [5.74, 6) is 0.273. The maximum atomic E-state index is 12.2. The second-order valence-corrected chi connectivity index (χ2v) is 6.01. The second-order valence-electron chi connectivity index (χ2n) is 6.01. The Kier molecular flexibility index (Phi) is 6.12. The molecule has 0 aromatic carbocycles. The van der Waals surface area contributed by atoms with Crippen molar-refractivity contribution >= 4 is 5.91 Å². The van der Waals surface area contributed by atoms with Crippen molar-refractivity contribution in [3.05, 3.63) is 32.3 Å². The van der Waals surface area contributed by atoms with Gasteiger partial charge >= 0.3 is 0 Å². The summed E-state index contributed by atoms with van der Waals surface area (Å²) in [5.41, 5.74) is -0.656. The van der Waals surface area contributed by atoms with Gasteiger partial charge in [-0.25, -0.2) is 0 Å². The maximum Gasteiger partial charge on any atom is 0.266 e. The van der Waals surface area contributed by atoms with Crippen molar-refractivity contribution in [2.45, 2.75) is 12.8 Å². The van der Waals surface area contributed by atoms with E-state index >= 15 is 0 Å². The molecule has 0 unspecified atom stereocenters. The number of amides is 1. The first-order valence-corrected chi connectivity index (χ1v) is 7.75. The third-order valence-corrected chi connectivity index (χ3v) is 4.18. The Bertz CT molecular complexity index is 639. The molecule has 1 amide bonds. The summed E-state index contributed by atoms with van der Waals surface area (Å²) in [5, 5.41) is 4.42. The molecule has 1 aliphatic heterocycles. The molecule has 2 N–H and O–H groups in total. The Balaban J connectivity index is 1.85. The van der Waals surface area contributed by atoms with Gasteiger partial charge in [-0.3, -0.25) is 24.6 Å². The van der Waals surface area contributed by atoms with Gasteiger partial charge in [0.05, 0.1) is 13.0 Å². The molecule has 2 heterocycles. The predicted octanol–water partition coefficient (Wildman–Crippen LogP) is -0.968. The largest absolute Gasteiger partial charge is 0.383 e. The summed E-state index contributed by atoms with van der Waals surface area (Å²) >= 11 is 0. The van der Waals surface area contributed by atoms with Crippen LogP contribution >= 0.6 is 0 Å². The smallest absolute Gasteiger partial charge is 0.266 e. The molecular formula is C15H24N4O4. The molecule has 0 spiro atoms. The number of carbonyl (C=O) groups excluding carboxylic acids is 1. The van der Waals surface area contributed by atoms with E-state index in [0.29, 0.717) is 19.1 Å². The van der Waals surface area contributed by atoms with E-state index in [4.69, 9.17) is 4.74 Å². The molecule has 0 saturated carbocycles. The lowest BCUT2D eigenvalue weighted by atomic mass is 10.1. The van der Waals surface area contributed by atoms with Crippen molar-refractivity contribution in [2.75, 3.05) is 46.9 Å². The maximum absolute atomic E-state index is 12.2. The van der Waals surface area contributed by atoms with E-state index < -0.39 is 11.1 Å². The fourth-order valence-electron chi connectivity index (χ4n) is 2.86. The number of likely N-dealkylation sites (N-methyl/N-ethyl adjacent to an activating group) is 1. The van der Waals surface area contributed by atoms with E-state index in [1.807, 2.05) is 0 Å². The molecule has 0 bridgehead atoms. The van der Waals surface area contributed by atoms with Gasteiger partial charge in [-0.2, -0.15) is 0 Å². The van der Waals surface area contributed by atoms with Gasteiger partial charge in [-0.15, -0.1) is 0 Å². The minimum Gasteiger partial charge on any atom is -0.383 e. The average molecular weight is 324 g/mol. The van der Waals surface area contributed by atoms with Gasteiger partial charge in [-0.05, 0) is 18.9 Å². The predicted molar refractivity (Wildman–Crippen MR) is 85.4 cm³/mol. The molecule has 1 fully saturated rings. The Hall–Kier alpha value is -1.93. The number of methoxy groups -OCH3 is 1. The summed E-state index contributed by atoms with van der Waals surface area (Å²) in [6, 6.07) is 1.17. The number of aromatic nitrogens is 2. The van der Waals surface area contributed by atoms with Crippen molar-refractivity contribution in [3.8, 4) is 0 Å². The van der Waals surface area contributed by atoms with Crippen LogP contribution in [0.3, 0.4) is 0 Å². The van der Waals surface area contributed by atoms with Gasteiger partial charge in [-0.1, -0.05) is 0 Å². The van der Waals surface area contributed by atoms with E-state index in [9.17, 15) is 14.4 Å². The fourth-order valence-corrected chi connectivity index (χ4v) is 2.86. The molecule has 1 aromatic heterocycles. The Morgan fingerprint density at radius 2 is 2.22 bits per heavy atom. The SMILES string of the molecule is COCCN1CC[C@H](CN(C)C(=O)Cc2cc(=O)[nH][nH]c2=O)C1. The zero-order valence-corrected chi connectivity index (χ0v) is 13.6. The molecule has 2 rings (SSSR count). The molecule has 1 aromatic rings. The molecule has 1 atom stereocenters. The highest BCUT2D eigenvalue weighted by atomic mass is 16.5. The summed E-state index contributed by atoms with van der Waals surface area (Å²) < 4.78 is 5.08. The minimum absolute atomic E-state index is 0.0597. The first-order valence-electron chi connectivity index (χ1n) is 7.75. The fraction of sp³-hybridized carbons (Fsp3) is 0.667. The van der Waals surface area contributed by atoms with Crippen molar-refractivity contribution in [2.24, 2.45) is 5.92 Å². The van der Waals surface area contributed by atoms with Crippen LogP contribution < -0.4 is 11.1 Å². The Morgan fingerprint density at radius 1 is 1.43 bits per heavy atom. The second kappa shape index (κ2) is 8.07. The van der Waals surface area contributed by atoms with Crippen LogP contribution in [0, 0.1) is 5.92 Å². The van der Waals surface area contributed by atoms with Gasteiger partial charge in [0.25, 0.3) is 11.1 Å². The molecular weight excluding hydrogens is 300 g/mol. The number of nitrogens with zero attached hydrogens (tertiary/aromatic N) is 2. The van der Waals surface area contributed by atoms with Gasteiger partial charge in [0.15, 0.2) is 0 Å². The quantitative estimate of drug-likeness (QED) is 0.673. The number of nitrogens with one attached hydrogen (secondary N) is 2. The van der Waals surface area contributed by atoms with E-state index in [0.717, 1.165) is 26.1 Å². The number of rotatable bonds is 7. The van der Waals surface area contributed by atoms with Gasteiger partial charge in [0.2, 0.25) is 5.91 Å². The van der Waals surface area contributed by atoms with Crippen LogP contribution in [-0.4, -0.2) is 72.8 Å². The lowest BCUT2D eigenvalue weighted by molar-refractivity contribution is -0.129. The zero-order chi connectivity index (χ0) is 16.8. The van der Waals surface area contributed by atoms with Crippen molar-refractivity contribution in [1.29, 1.82) is 0 Å². The van der Waals surface area contributed by atoms with Crippen molar-refractivity contribution < 1.29 is 9.53 Å². The number of hydrogen-bond donors (Lipinski definition) is 2. The van der Waals surface area contributed by atoms with Gasteiger partial charge in [0.1, 0.15) is 0 Å². The van der Waals surface area contributed by atoms with Crippen LogP contribution in [-0.2, 0) is 16.0 Å². The van der Waals surface area contributed by atoms with E-state index in [1.54, 1.807) is 19.1 Å². The Morgan fingerprint density at radius 3 is 2.96 bits per heavy atom. The summed E-state index contributed by atoms with van der Waals surface area (Å²) in [6.07, 6.45) is 0.989. The highest BCUT2D eigenvalue weighted by Crippen LogP contribution is 2.16. The van der Waals surface area contributed by atoms with Crippen LogP contribution in [0.1, 0.15) is 12.0 Å². The van der Waals surface area contributed by atoms with E-state index in [-0.39, 0.29) is 17.9 Å². The van der Waals surface area contributed by atoms with Gasteiger partial charge in [0, 0.05) is 45.4 Å². The average Bonchev–Trinajstić information content (AvgIpc) is 2.96. The number of likely N-dealkylation sites (tertiary alicyclic amines) is 1. The van der Waals surface area contributed by atoms with Crippen LogP contribution in [0.5, 0.6) is 0 Å². The molecule has 1 aliphatic rings. The monoisotopic (exact) mass is 324 g/mol. The molecule has 128 valence electrons. The van der Waals surface area contributed by atoms with Crippen molar-refractivity contribution in [3.63, 3.8) is 0 Å². The topological polar surface area (TPSA) is 98.5 Å². The molecule has 8 heteroatoms. The van der Waals surface area contributed by atoms with Crippen LogP contribution in [0.25, 0.3) is 0 Å². The molecule has 8 nitrogen and oxygen atoms in total. The highest BCUT2D eigenvalue weighted by molar-refractivity contribution is 5.78. The molecule has 0 aliphatic carbocycles. The third kappa shape index (κ3) is 5.04. The van der Waals surface area contributed by atoms with E-state index in [2.05, 4.69) is 15.1 Å².